The van der Waals surface area contributed by atoms with Crippen molar-refractivity contribution < 1.29 is 10.0 Å². The number of aliphatic hydroxyl groups excluding tert-OH is 1. The monoisotopic (exact) mass is 281 g/mol. The van der Waals surface area contributed by atoms with Crippen LogP contribution in [0.4, 0.5) is 11.4 Å². The van der Waals surface area contributed by atoms with Crippen molar-refractivity contribution in [2.45, 2.75) is 32.9 Å². The fraction of sp³-hybridized carbons (Fsp3) is 0.571. The highest BCUT2D eigenvalue weighted by molar-refractivity contribution is 5.62. The number of nitrogens with zero attached hydrogens (tertiary/aromatic N) is 1. The van der Waals surface area contributed by atoms with E-state index in [4.69, 9.17) is 0 Å². The Hall–Kier alpha value is -1.66. The molecular weight excluding hydrogens is 258 g/mol. The fourth-order valence-corrected chi connectivity index (χ4v) is 2.06. The standard InChI is InChI=1S/C14H23N3O3/c1-10(2)6-12(18)9-16-8-11-4-5-13(15-3)14(7-11)17(19)20/h4-5,7,10,12,15-16,18H,6,8-9H2,1-3H3. The van der Waals surface area contributed by atoms with Crippen molar-refractivity contribution in [1.29, 1.82) is 0 Å². The quantitative estimate of drug-likeness (QED) is 0.502. The van der Waals surface area contributed by atoms with E-state index in [0.29, 0.717) is 24.7 Å². The van der Waals surface area contributed by atoms with Gasteiger partial charge in [0.1, 0.15) is 5.69 Å². The molecule has 0 radical (unpaired) electrons. The highest BCUT2D eigenvalue weighted by Crippen LogP contribution is 2.24. The molecular formula is C14H23N3O3. The van der Waals surface area contributed by atoms with Crippen molar-refractivity contribution >= 4 is 11.4 Å². The lowest BCUT2D eigenvalue weighted by atomic mass is 10.1. The number of anilines is 1. The van der Waals surface area contributed by atoms with Crippen LogP contribution in [0.3, 0.4) is 0 Å². The summed E-state index contributed by atoms with van der Waals surface area (Å²) < 4.78 is 0. The van der Waals surface area contributed by atoms with Gasteiger partial charge in [0.25, 0.3) is 5.69 Å². The second-order valence-corrected chi connectivity index (χ2v) is 5.27. The maximum Gasteiger partial charge on any atom is 0.292 e. The number of hydrogen-bond donors (Lipinski definition) is 3. The van der Waals surface area contributed by atoms with Gasteiger partial charge in [-0.3, -0.25) is 10.1 Å². The van der Waals surface area contributed by atoms with Gasteiger partial charge in [0, 0.05) is 26.2 Å². The van der Waals surface area contributed by atoms with Crippen LogP contribution in [-0.4, -0.2) is 29.7 Å². The van der Waals surface area contributed by atoms with E-state index in [1.807, 2.05) is 6.07 Å². The highest BCUT2D eigenvalue weighted by atomic mass is 16.6. The number of aliphatic hydroxyl groups is 1. The molecule has 0 saturated heterocycles. The van der Waals surface area contributed by atoms with Gasteiger partial charge in [0.2, 0.25) is 0 Å². The Morgan fingerprint density at radius 3 is 2.65 bits per heavy atom. The zero-order valence-corrected chi connectivity index (χ0v) is 12.2. The number of hydrogen-bond acceptors (Lipinski definition) is 5. The van der Waals surface area contributed by atoms with Gasteiger partial charge in [-0.1, -0.05) is 19.9 Å². The van der Waals surface area contributed by atoms with E-state index < -0.39 is 4.92 Å². The first-order valence-corrected chi connectivity index (χ1v) is 6.78. The van der Waals surface area contributed by atoms with Gasteiger partial charge >= 0.3 is 0 Å². The van der Waals surface area contributed by atoms with Crippen molar-refractivity contribution in [2.75, 3.05) is 18.9 Å². The van der Waals surface area contributed by atoms with Crippen molar-refractivity contribution in [2.24, 2.45) is 5.92 Å². The van der Waals surface area contributed by atoms with E-state index in [1.54, 1.807) is 19.2 Å². The van der Waals surface area contributed by atoms with Crippen molar-refractivity contribution in [3.8, 4) is 0 Å². The Balaban J connectivity index is 2.56. The Kier molecular flexibility index (Phi) is 6.41. The number of rotatable bonds is 8. The molecule has 0 saturated carbocycles. The molecule has 1 unspecified atom stereocenters. The summed E-state index contributed by atoms with van der Waals surface area (Å²) in [5, 5.41) is 26.6. The Morgan fingerprint density at radius 1 is 1.40 bits per heavy atom. The van der Waals surface area contributed by atoms with Gasteiger partial charge in [-0.2, -0.15) is 0 Å². The summed E-state index contributed by atoms with van der Waals surface area (Å²) in [4.78, 5) is 10.5. The summed E-state index contributed by atoms with van der Waals surface area (Å²) in [5.74, 6) is 0.447. The largest absolute Gasteiger partial charge is 0.392 e. The minimum absolute atomic E-state index is 0.0644. The number of nitrogens with one attached hydrogen (secondary N) is 2. The van der Waals surface area contributed by atoms with E-state index in [2.05, 4.69) is 24.5 Å². The van der Waals surface area contributed by atoms with Crippen LogP contribution in [0.2, 0.25) is 0 Å². The molecule has 20 heavy (non-hydrogen) atoms. The highest BCUT2D eigenvalue weighted by Gasteiger charge is 2.13. The Morgan fingerprint density at radius 2 is 2.10 bits per heavy atom. The molecule has 0 aliphatic rings. The van der Waals surface area contributed by atoms with Crippen molar-refractivity contribution in [3.63, 3.8) is 0 Å². The molecule has 3 N–H and O–H groups in total. The molecule has 6 nitrogen and oxygen atoms in total. The molecule has 0 aliphatic heterocycles. The van der Waals surface area contributed by atoms with Crippen LogP contribution in [0, 0.1) is 16.0 Å². The predicted octanol–water partition coefficient (Wildman–Crippen LogP) is 2.13. The van der Waals surface area contributed by atoms with Crippen LogP contribution in [0.5, 0.6) is 0 Å². The summed E-state index contributed by atoms with van der Waals surface area (Å²) in [7, 11) is 1.66. The summed E-state index contributed by atoms with van der Waals surface area (Å²) in [6.07, 6.45) is 0.354. The summed E-state index contributed by atoms with van der Waals surface area (Å²) in [6, 6.07) is 5.08. The molecule has 1 aromatic carbocycles. The first-order chi connectivity index (χ1) is 9.43. The van der Waals surface area contributed by atoms with E-state index in [0.717, 1.165) is 12.0 Å². The van der Waals surface area contributed by atoms with E-state index in [1.165, 1.54) is 0 Å². The first kappa shape index (κ1) is 16.4. The molecule has 1 aromatic rings. The molecule has 0 spiro atoms. The smallest absolute Gasteiger partial charge is 0.292 e. The van der Waals surface area contributed by atoms with Crippen LogP contribution in [0.1, 0.15) is 25.8 Å². The zero-order valence-electron chi connectivity index (χ0n) is 12.2. The molecule has 0 bridgehead atoms. The second-order valence-electron chi connectivity index (χ2n) is 5.27. The lowest BCUT2D eigenvalue weighted by Gasteiger charge is -2.14. The molecule has 0 fully saturated rings. The van der Waals surface area contributed by atoms with Gasteiger partial charge in [-0.25, -0.2) is 0 Å². The maximum atomic E-state index is 10.9. The lowest BCUT2D eigenvalue weighted by molar-refractivity contribution is -0.384. The van der Waals surface area contributed by atoms with Crippen LogP contribution in [0.25, 0.3) is 0 Å². The first-order valence-electron chi connectivity index (χ1n) is 6.78. The van der Waals surface area contributed by atoms with E-state index in [9.17, 15) is 15.2 Å². The summed E-state index contributed by atoms with van der Waals surface area (Å²) >= 11 is 0. The topological polar surface area (TPSA) is 87.4 Å². The third-order valence-corrected chi connectivity index (χ3v) is 2.98. The third kappa shape index (κ3) is 5.14. The van der Waals surface area contributed by atoms with Gasteiger partial charge in [-0.15, -0.1) is 0 Å². The molecule has 1 atom stereocenters. The van der Waals surface area contributed by atoms with E-state index in [-0.39, 0.29) is 11.8 Å². The lowest BCUT2D eigenvalue weighted by Crippen LogP contribution is -2.27. The van der Waals surface area contributed by atoms with Crippen molar-refractivity contribution in [1.82, 2.24) is 5.32 Å². The molecule has 6 heteroatoms. The molecule has 0 aromatic heterocycles. The maximum absolute atomic E-state index is 10.9. The predicted molar refractivity (Wildman–Crippen MR) is 79.8 cm³/mol. The van der Waals surface area contributed by atoms with E-state index >= 15 is 0 Å². The molecule has 0 amide bonds. The minimum atomic E-state index is -0.400. The van der Waals surface area contributed by atoms with Gasteiger partial charge in [0.15, 0.2) is 0 Å². The van der Waals surface area contributed by atoms with Gasteiger partial charge in [-0.05, 0) is 24.0 Å². The van der Waals surface area contributed by atoms with Crippen LogP contribution < -0.4 is 10.6 Å². The average Bonchev–Trinajstić information content (AvgIpc) is 2.37. The summed E-state index contributed by atoms with van der Waals surface area (Å²) in [6.45, 7) is 5.10. The Bertz CT molecular complexity index is 449. The number of nitro benzene ring substituents is 1. The fourth-order valence-electron chi connectivity index (χ4n) is 2.06. The number of nitro groups is 1. The molecule has 112 valence electrons. The van der Waals surface area contributed by atoms with Gasteiger partial charge < -0.3 is 15.7 Å². The molecule has 1 rings (SSSR count). The Labute approximate surface area is 119 Å². The molecule has 0 heterocycles. The van der Waals surface area contributed by atoms with Gasteiger partial charge in [0.05, 0.1) is 11.0 Å². The third-order valence-electron chi connectivity index (χ3n) is 2.98. The number of benzene rings is 1. The SMILES string of the molecule is CNc1ccc(CNCC(O)CC(C)C)cc1[N+](=O)[O-]. The average molecular weight is 281 g/mol. The van der Waals surface area contributed by atoms with Crippen LogP contribution >= 0.6 is 0 Å². The van der Waals surface area contributed by atoms with Crippen LogP contribution in [0.15, 0.2) is 18.2 Å². The molecule has 0 aliphatic carbocycles. The summed E-state index contributed by atoms with van der Waals surface area (Å²) in [5.41, 5.74) is 1.39. The van der Waals surface area contributed by atoms with Crippen LogP contribution in [-0.2, 0) is 6.54 Å². The minimum Gasteiger partial charge on any atom is -0.392 e. The normalized spacial score (nSPS) is 12.4. The second kappa shape index (κ2) is 7.81. The zero-order chi connectivity index (χ0) is 15.1. The van der Waals surface area contributed by atoms with Crippen molar-refractivity contribution in [3.05, 3.63) is 33.9 Å².